The predicted molar refractivity (Wildman–Crippen MR) is 82.7 cm³/mol. The second-order valence-corrected chi connectivity index (χ2v) is 7.68. The highest BCUT2D eigenvalue weighted by Gasteiger charge is 2.48. The van der Waals surface area contributed by atoms with E-state index >= 15 is 0 Å². The minimum Gasteiger partial charge on any atom is -0.455 e. The van der Waals surface area contributed by atoms with E-state index in [1.807, 2.05) is 6.92 Å². The molecule has 0 bridgehead atoms. The van der Waals surface area contributed by atoms with E-state index in [1.165, 1.54) is 5.56 Å². The van der Waals surface area contributed by atoms with Crippen LogP contribution in [0.1, 0.15) is 62.0 Å². The molecule has 0 spiro atoms. The van der Waals surface area contributed by atoms with Gasteiger partial charge in [-0.05, 0) is 41.0 Å². The summed E-state index contributed by atoms with van der Waals surface area (Å²) in [6, 6.07) is 4.18. The van der Waals surface area contributed by atoms with Crippen LogP contribution >= 0.6 is 0 Å². The molecule has 4 heteroatoms. The molecule has 1 saturated heterocycles. The number of aryl methyl sites for hydroxylation is 1. The normalized spacial score (nSPS) is 32.9. The second-order valence-electron chi connectivity index (χ2n) is 7.68. The number of rotatable bonds is 2. The third kappa shape index (κ3) is 2.09. The molecule has 0 saturated carbocycles. The number of cyclic esters (lactones) is 1. The molecule has 0 amide bonds. The van der Waals surface area contributed by atoms with Crippen LogP contribution in [0.5, 0.6) is 0 Å². The Morgan fingerprint density at radius 1 is 1.32 bits per heavy atom. The Hall–Kier alpha value is -1.39. The molecule has 1 aromatic rings. The summed E-state index contributed by atoms with van der Waals surface area (Å²) in [5.74, 6) is -0.551. The molecular weight excluding hydrogens is 280 g/mol. The second kappa shape index (κ2) is 4.80. The lowest BCUT2D eigenvalue weighted by molar-refractivity contribution is -0.147. The molecule has 3 atom stereocenters. The van der Waals surface area contributed by atoms with Gasteiger partial charge in [-0.3, -0.25) is 0 Å². The topological polar surface area (TPSA) is 66.8 Å². The highest BCUT2D eigenvalue weighted by Crippen LogP contribution is 2.53. The largest absolute Gasteiger partial charge is 0.455 e. The van der Waals surface area contributed by atoms with Gasteiger partial charge >= 0.3 is 5.97 Å². The molecule has 2 N–H and O–H groups in total. The maximum absolute atomic E-state index is 11.6. The molecule has 120 valence electrons. The van der Waals surface area contributed by atoms with E-state index in [0.29, 0.717) is 0 Å². The molecule has 3 rings (SSSR count). The van der Waals surface area contributed by atoms with Crippen molar-refractivity contribution < 1.29 is 19.7 Å². The summed E-state index contributed by atoms with van der Waals surface area (Å²) in [6.07, 6.45) is -0.323. The first-order chi connectivity index (χ1) is 10.2. The zero-order valence-electron chi connectivity index (χ0n) is 13.6. The minimum atomic E-state index is -1.05. The van der Waals surface area contributed by atoms with Crippen LogP contribution in [-0.2, 0) is 20.4 Å². The fourth-order valence-corrected chi connectivity index (χ4v) is 4.39. The van der Waals surface area contributed by atoms with Gasteiger partial charge < -0.3 is 14.9 Å². The molecule has 3 unspecified atom stereocenters. The van der Waals surface area contributed by atoms with Crippen LogP contribution in [0.15, 0.2) is 12.1 Å². The molecule has 0 aromatic heterocycles. The summed E-state index contributed by atoms with van der Waals surface area (Å²) in [5, 5.41) is 19.7. The number of benzene rings is 1. The molecular formula is C18H24O4. The van der Waals surface area contributed by atoms with Gasteiger partial charge in [-0.2, -0.15) is 0 Å². The predicted octanol–water partition coefficient (Wildman–Crippen LogP) is 2.28. The van der Waals surface area contributed by atoms with Crippen molar-refractivity contribution in [3.8, 4) is 0 Å². The lowest BCUT2D eigenvalue weighted by Gasteiger charge is -2.28. The van der Waals surface area contributed by atoms with E-state index in [1.54, 1.807) is 0 Å². The molecule has 1 aromatic carbocycles. The smallest absolute Gasteiger partial charge is 0.335 e. The van der Waals surface area contributed by atoms with Crippen molar-refractivity contribution >= 4 is 5.97 Å². The zero-order valence-corrected chi connectivity index (χ0v) is 13.6. The van der Waals surface area contributed by atoms with Gasteiger partial charge in [0.05, 0.1) is 6.61 Å². The number of ether oxygens (including phenoxy) is 1. The third-order valence-electron chi connectivity index (χ3n) is 5.27. The van der Waals surface area contributed by atoms with Crippen LogP contribution in [0.3, 0.4) is 0 Å². The summed E-state index contributed by atoms with van der Waals surface area (Å²) in [6.45, 7) is 8.49. The molecule has 2 aliphatic rings. The molecule has 1 fully saturated rings. The van der Waals surface area contributed by atoms with Gasteiger partial charge in [0.1, 0.15) is 6.10 Å². The SMILES string of the molecule is Cc1ccc2c(c1C1CC(O)C(=O)O1)C(C)(CO)CC2(C)C. The minimum absolute atomic E-state index is 0.0313. The van der Waals surface area contributed by atoms with Crippen LogP contribution < -0.4 is 0 Å². The summed E-state index contributed by atoms with van der Waals surface area (Å²) < 4.78 is 5.40. The van der Waals surface area contributed by atoms with E-state index in [4.69, 9.17) is 4.74 Å². The van der Waals surface area contributed by atoms with E-state index in [0.717, 1.165) is 23.1 Å². The van der Waals surface area contributed by atoms with Crippen molar-refractivity contribution in [2.75, 3.05) is 6.61 Å². The number of esters is 1. The number of carbonyl (C=O) groups excluding carboxylic acids is 1. The summed E-state index contributed by atoms with van der Waals surface area (Å²) >= 11 is 0. The molecule has 22 heavy (non-hydrogen) atoms. The number of hydrogen-bond acceptors (Lipinski definition) is 4. The lowest BCUT2D eigenvalue weighted by atomic mass is 9.78. The first kappa shape index (κ1) is 15.5. The number of carbonyl (C=O) groups is 1. The Morgan fingerprint density at radius 2 is 2.00 bits per heavy atom. The molecule has 1 aliphatic heterocycles. The van der Waals surface area contributed by atoms with Gasteiger partial charge in [-0.15, -0.1) is 0 Å². The van der Waals surface area contributed by atoms with Gasteiger partial charge in [0.2, 0.25) is 0 Å². The fourth-order valence-electron chi connectivity index (χ4n) is 4.39. The van der Waals surface area contributed by atoms with Crippen molar-refractivity contribution in [2.45, 2.75) is 63.6 Å². The Bertz CT molecular complexity index is 634. The zero-order chi connectivity index (χ0) is 16.3. The van der Waals surface area contributed by atoms with Crippen LogP contribution in [-0.4, -0.2) is 28.9 Å². The molecule has 0 radical (unpaired) electrons. The van der Waals surface area contributed by atoms with Gasteiger partial charge in [0.15, 0.2) is 6.10 Å². The fraction of sp³-hybridized carbons (Fsp3) is 0.611. The summed E-state index contributed by atoms with van der Waals surface area (Å²) in [5.41, 5.74) is 3.96. The van der Waals surface area contributed by atoms with Crippen LogP contribution in [0.25, 0.3) is 0 Å². The summed E-state index contributed by atoms with van der Waals surface area (Å²) in [4.78, 5) is 11.6. The number of fused-ring (bicyclic) bond motifs is 1. The first-order valence-electron chi connectivity index (χ1n) is 7.83. The Balaban J connectivity index is 2.21. The van der Waals surface area contributed by atoms with Crippen molar-refractivity contribution in [3.63, 3.8) is 0 Å². The van der Waals surface area contributed by atoms with Gasteiger partial charge in [0.25, 0.3) is 0 Å². The number of aliphatic hydroxyl groups excluding tert-OH is 2. The summed E-state index contributed by atoms with van der Waals surface area (Å²) in [7, 11) is 0. The van der Waals surface area contributed by atoms with E-state index < -0.39 is 18.2 Å². The third-order valence-corrected chi connectivity index (χ3v) is 5.27. The maximum atomic E-state index is 11.6. The van der Waals surface area contributed by atoms with Gasteiger partial charge in [-0.1, -0.05) is 32.9 Å². The number of hydrogen-bond donors (Lipinski definition) is 2. The Kier molecular flexibility index (Phi) is 3.38. The maximum Gasteiger partial charge on any atom is 0.335 e. The van der Waals surface area contributed by atoms with Crippen LogP contribution in [0.4, 0.5) is 0 Å². The van der Waals surface area contributed by atoms with Crippen molar-refractivity contribution in [1.82, 2.24) is 0 Å². The van der Waals surface area contributed by atoms with Crippen molar-refractivity contribution in [3.05, 3.63) is 34.4 Å². The quantitative estimate of drug-likeness (QED) is 0.823. The average molecular weight is 304 g/mol. The standard InChI is InChI=1S/C18H24O4/c1-10-5-6-11-15(18(4,9-19)8-17(11,2)3)14(10)13-7-12(20)16(21)22-13/h5-6,12-13,19-20H,7-9H2,1-4H3. The van der Waals surface area contributed by atoms with Crippen LogP contribution in [0, 0.1) is 6.92 Å². The monoisotopic (exact) mass is 304 g/mol. The van der Waals surface area contributed by atoms with Crippen molar-refractivity contribution in [1.29, 1.82) is 0 Å². The molecule has 1 heterocycles. The van der Waals surface area contributed by atoms with E-state index in [-0.39, 0.29) is 23.9 Å². The Morgan fingerprint density at radius 3 is 2.55 bits per heavy atom. The van der Waals surface area contributed by atoms with Crippen LogP contribution in [0.2, 0.25) is 0 Å². The average Bonchev–Trinajstić information content (AvgIpc) is 2.86. The first-order valence-corrected chi connectivity index (χ1v) is 7.83. The van der Waals surface area contributed by atoms with Gasteiger partial charge in [-0.25, -0.2) is 4.79 Å². The molecule has 4 nitrogen and oxygen atoms in total. The highest BCUT2D eigenvalue weighted by atomic mass is 16.6. The van der Waals surface area contributed by atoms with Gasteiger partial charge in [0, 0.05) is 11.8 Å². The Labute approximate surface area is 131 Å². The lowest BCUT2D eigenvalue weighted by Crippen LogP contribution is -2.27. The number of aliphatic hydroxyl groups is 2. The molecule has 1 aliphatic carbocycles. The van der Waals surface area contributed by atoms with Crippen molar-refractivity contribution in [2.24, 2.45) is 0 Å². The highest BCUT2D eigenvalue weighted by molar-refractivity contribution is 5.77. The van der Waals surface area contributed by atoms with E-state index in [9.17, 15) is 15.0 Å². The van der Waals surface area contributed by atoms with E-state index in [2.05, 4.69) is 32.9 Å².